The molecule has 0 aliphatic rings. The quantitative estimate of drug-likeness (QED) is 0.804. The maximum absolute atomic E-state index is 12.2. The van der Waals surface area contributed by atoms with E-state index in [1.807, 2.05) is 30.3 Å². The van der Waals surface area contributed by atoms with Crippen LogP contribution in [0.2, 0.25) is 0 Å². The van der Waals surface area contributed by atoms with Gasteiger partial charge >= 0.3 is 6.09 Å². The van der Waals surface area contributed by atoms with E-state index < -0.39 is 29.7 Å². The molecule has 0 bridgehead atoms. The van der Waals surface area contributed by atoms with Gasteiger partial charge in [0.15, 0.2) is 0 Å². The standard InChI is InChI=1S/C18H26N2O4/c1-6-19-16(21)15(20-17(22)24-18(3,4)5)13(2)23-12-14-10-8-7-9-11-14/h6-11,13,15H,1,12H2,2-5H3,(H,19,21)(H,20,22)/t13-,15+/m1/s1. The van der Waals surface area contributed by atoms with Crippen LogP contribution in [0.25, 0.3) is 0 Å². The van der Waals surface area contributed by atoms with Crippen molar-refractivity contribution in [3.8, 4) is 0 Å². The molecule has 0 aliphatic carbocycles. The van der Waals surface area contributed by atoms with Crippen LogP contribution in [0.15, 0.2) is 43.1 Å². The molecule has 0 saturated carbocycles. The first-order valence-electron chi connectivity index (χ1n) is 7.79. The fourth-order valence-electron chi connectivity index (χ4n) is 1.92. The van der Waals surface area contributed by atoms with Gasteiger partial charge in [-0.1, -0.05) is 36.9 Å². The molecular formula is C18H26N2O4. The fraction of sp³-hybridized carbons (Fsp3) is 0.444. The lowest BCUT2D eigenvalue weighted by Gasteiger charge is -2.26. The summed E-state index contributed by atoms with van der Waals surface area (Å²) in [5.41, 5.74) is 0.321. The topological polar surface area (TPSA) is 76.7 Å². The van der Waals surface area contributed by atoms with Crippen LogP contribution in [0.5, 0.6) is 0 Å². The van der Waals surface area contributed by atoms with Gasteiger partial charge < -0.3 is 20.1 Å². The summed E-state index contributed by atoms with van der Waals surface area (Å²) in [6, 6.07) is 8.67. The molecule has 2 atom stereocenters. The normalized spacial score (nSPS) is 13.5. The Morgan fingerprint density at radius 2 is 1.88 bits per heavy atom. The molecule has 0 aliphatic heterocycles. The van der Waals surface area contributed by atoms with Gasteiger partial charge in [0, 0.05) is 0 Å². The first-order valence-corrected chi connectivity index (χ1v) is 7.79. The van der Waals surface area contributed by atoms with Gasteiger partial charge in [0.05, 0.1) is 12.7 Å². The van der Waals surface area contributed by atoms with Crippen LogP contribution in [-0.4, -0.2) is 29.7 Å². The van der Waals surface area contributed by atoms with Gasteiger partial charge in [0.2, 0.25) is 5.91 Å². The number of alkyl carbamates (subject to hydrolysis) is 1. The van der Waals surface area contributed by atoms with Crippen molar-refractivity contribution in [2.75, 3.05) is 0 Å². The number of amides is 2. The van der Waals surface area contributed by atoms with Gasteiger partial charge in [0.25, 0.3) is 0 Å². The maximum Gasteiger partial charge on any atom is 0.408 e. The summed E-state index contributed by atoms with van der Waals surface area (Å²) in [7, 11) is 0. The van der Waals surface area contributed by atoms with Gasteiger partial charge in [-0.25, -0.2) is 4.79 Å². The van der Waals surface area contributed by atoms with Gasteiger partial charge in [-0.2, -0.15) is 0 Å². The molecule has 0 saturated heterocycles. The summed E-state index contributed by atoms with van der Waals surface area (Å²) in [4.78, 5) is 24.1. The van der Waals surface area contributed by atoms with Crippen LogP contribution in [0.3, 0.4) is 0 Å². The molecule has 132 valence electrons. The molecule has 0 aromatic heterocycles. The molecule has 0 fully saturated rings. The number of hydrogen-bond acceptors (Lipinski definition) is 4. The third-order valence-corrected chi connectivity index (χ3v) is 3.02. The Morgan fingerprint density at radius 3 is 2.42 bits per heavy atom. The van der Waals surface area contributed by atoms with Gasteiger partial charge in [0.1, 0.15) is 11.6 Å². The predicted molar refractivity (Wildman–Crippen MR) is 92.2 cm³/mol. The molecule has 1 rings (SSSR count). The van der Waals surface area contributed by atoms with E-state index in [2.05, 4.69) is 17.2 Å². The number of rotatable bonds is 7. The van der Waals surface area contributed by atoms with Crippen molar-refractivity contribution in [1.82, 2.24) is 10.6 Å². The van der Waals surface area contributed by atoms with E-state index in [1.165, 1.54) is 6.20 Å². The second-order valence-electron chi connectivity index (χ2n) is 6.34. The Hall–Kier alpha value is -2.34. The Balaban J connectivity index is 2.71. The maximum atomic E-state index is 12.2. The van der Waals surface area contributed by atoms with Crippen molar-refractivity contribution in [1.29, 1.82) is 0 Å². The number of nitrogens with one attached hydrogen (secondary N) is 2. The van der Waals surface area contributed by atoms with E-state index in [9.17, 15) is 9.59 Å². The number of hydrogen-bond donors (Lipinski definition) is 2. The summed E-state index contributed by atoms with van der Waals surface area (Å²) in [5.74, 6) is -0.420. The van der Waals surface area contributed by atoms with Crippen LogP contribution < -0.4 is 10.6 Å². The van der Waals surface area contributed by atoms with E-state index in [-0.39, 0.29) is 0 Å². The molecule has 6 heteroatoms. The van der Waals surface area contributed by atoms with Crippen molar-refractivity contribution in [3.05, 3.63) is 48.7 Å². The Morgan fingerprint density at radius 1 is 1.25 bits per heavy atom. The summed E-state index contributed by atoms with van der Waals surface area (Å²) in [6.07, 6.45) is 0.0234. The van der Waals surface area contributed by atoms with E-state index in [0.717, 1.165) is 5.56 Å². The second-order valence-corrected chi connectivity index (χ2v) is 6.34. The van der Waals surface area contributed by atoms with Crippen LogP contribution in [0, 0.1) is 0 Å². The fourth-order valence-corrected chi connectivity index (χ4v) is 1.92. The molecule has 2 amide bonds. The van der Waals surface area contributed by atoms with Crippen molar-refractivity contribution >= 4 is 12.0 Å². The van der Waals surface area contributed by atoms with E-state index in [1.54, 1.807) is 27.7 Å². The first-order chi connectivity index (χ1) is 11.2. The van der Waals surface area contributed by atoms with Crippen molar-refractivity contribution in [2.45, 2.75) is 52.0 Å². The van der Waals surface area contributed by atoms with Crippen LogP contribution in [0.1, 0.15) is 33.3 Å². The van der Waals surface area contributed by atoms with Crippen molar-refractivity contribution in [3.63, 3.8) is 0 Å². The Kier molecular flexibility index (Phi) is 7.45. The number of ether oxygens (including phenoxy) is 2. The lowest BCUT2D eigenvalue weighted by atomic mass is 10.1. The molecular weight excluding hydrogens is 308 g/mol. The lowest BCUT2D eigenvalue weighted by molar-refractivity contribution is -0.126. The second kappa shape index (κ2) is 9.08. The predicted octanol–water partition coefficient (Wildman–Crippen LogP) is 2.74. The number of carbonyl (C=O) groups is 2. The highest BCUT2D eigenvalue weighted by Gasteiger charge is 2.29. The largest absolute Gasteiger partial charge is 0.444 e. The molecule has 1 aromatic carbocycles. The monoisotopic (exact) mass is 334 g/mol. The average Bonchev–Trinajstić information content (AvgIpc) is 2.50. The van der Waals surface area contributed by atoms with Crippen molar-refractivity contribution < 1.29 is 19.1 Å². The molecule has 1 aromatic rings. The minimum atomic E-state index is -0.901. The molecule has 0 spiro atoms. The summed E-state index contributed by atoms with van der Waals surface area (Å²) >= 11 is 0. The van der Waals surface area contributed by atoms with Crippen molar-refractivity contribution in [2.24, 2.45) is 0 Å². The van der Waals surface area contributed by atoms with Crippen LogP contribution in [-0.2, 0) is 20.9 Å². The Labute approximate surface area is 143 Å². The minimum absolute atomic E-state index is 0.329. The average molecular weight is 334 g/mol. The molecule has 2 N–H and O–H groups in total. The smallest absolute Gasteiger partial charge is 0.408 e. The van der Waals surface area contributed by atoms with E-state index >= 15 is 0 Å². The molecule has 0 radical (unpaired) electrons. The van der Waals surface area contributed by atoms with E-state index in [0.29, 0.717) is 6.61 Å². The molecule has 0 unspecified atom stereocenters. The highest BCUT2D eigenvalue weighted by molar-refractivity contribution is 5.86. The first kappa shape index (κ1) is 19.7. The highest BCUT2D eigenvalue weighted by Crippen LogP contribution is 2.10. The zero-order valence-corrected chi connectivity index (χ0v) is 14.7. The molecule has 6 nitrogen and oxygen atoms in total. The van der Waals surface area contributed by atoms with Gasteiger partial charge in [-0.15, -0.1) is 0 Å². The lowest BCUT2D eigenvalue weighted by Crippen LogP contribution is -2.53. The van der Waals surface area contributed by atoms with Crippen LogP contribution >= 0.6 is 0 Å². The third-order valence-electron chi connectivity index (χ3n) is 3.02. The van der Waals surface area contributed by atoms with E-state index in [4.69, 9.17) is 9.47 Å². The zero-order chi connectivity index (χ0) is 18.2. The van der Waals surface area contributed by atoms with Gasteiger partial charge in [-0.3, -0.25) is 4.79 Å². The number of benzene rings is 1. The molecule has 24 heavy (non-hydrogen) atoms. The Bertz CT molecular complexity index is 552. The third kappa shape index (κ3) is 7.28. The SMILES string of the molecule is C=CNC(=O)[C@@H](NC(=O)OC(C)(C)C)[C@@H](C)OCc1ccccc1. The summed E-state index contributed by atoms with van der Waals surface area (Å²) in [5, 5.41) is 5.02. The summed E-state index contributed by atoms with van der Waals surface area (Å²) in [6.45, 7) is 10.8. The molecule has 0 heterocycles. The van der Waals surface area contributed by atoms with Crippen LogP contribution in [0.4, 0.5) is 4.79 Å². The zero-order valence-electron chi connectivity index (χ0n) is 14.7. The summed E-state index contributed by atoms with van der Waals surface area (Å²) < 4.78 is 10.9. The highest BCUT2D eigenvalue weighted by atomic mass is 16.6. The minimum Gasteiger partial charge on any atom is -0.444 e. The van der Waals surface area contributed by atoms with Gasteiger partial charge in [-0.05, 0) is 39.5 Å². The number of carbonyl (C=O) groups excluding carboxylic acids is 2.